The lowest BCUT2D eigenvalue weighted by Gasteiger charge is -2.15. The first-order chi connectivity index (χ1) is 18.6. The van der Waals surface area contributed by atoms with E-state index in [2.05, 4.69) is 10.2 Å². The Morgan fingerprint density at radius 2 is 1.14 bits per heavy atom. The second-order valence-electron chi connectivity index (χ2n) is 10.1. The molecule has 0 fully saturated rings. The number of rotatable bonds is 7. The molecular formula is C28H39Cl2F3N6O3S2. The molecular weight excluding hydrogens is 660 g/mol. The average Bonchev–Trinajstić information content (AvgIpc) is 3.47. The van der Waals surface area contributed by atoms with Crippen LogP contribution in [0, 0.1) is 0 Å². The minimum Gasteiger partial charge on any atom is -0.338 e. The van der Waals surface area contributed by atoms with Gasteiger partial charge in [-0.2, -0.15) is 50.4 Å². The number of amides is 1. The van der Waals surface area contributed by atoms with Crippen molar-refractivity contribution in [2.24, 2.45) is 5.73 Å². The molecule has 0 bridgehead atoms. The van der Waals surface area contributed by atoms with Crippen molar-refractivity contribution < 1.29 is 27.6 Å². The van der Waals surface area contributed by atoms with Gasteiger partial charge in [-0.15, -0.1) is 24.8 Å². The van der Waals surface area contributed by atoms with Crippen molar-refractivity contribution in [1.29, 1.82) is 0 Å². The van der Waals surface area contributed by atoms with Crippen molar-refractivity contribution >= 4 is 80.3 Å². The minimum absolute atomic E-state index is 0. The average molecular weight is 700 g/mol. The highest BCUT2D eigenvalue weighted by Crippen LogP contribution is 2.25. The molecule has 1 amide bonds. The molecule has 16 heteroatoms. The molecule has 4 heterocycles. The fourth-order valence-corrected chi connectivity index (χ4v) is 4.14. The number of hydrogen-bond acceptors (Lipinski definition) is 6. The van der Waals surface area contributed by atoms with Crippen molar-refractivity contribution in [3.8, 4) is 0 Å². The van der Waals surface area contributed by atoms with E-state index < -0.39 is 30.0 Å². The van der Waals surface area contributed by atoms with Crippen molar-refractivity contribution in [1.82, 2.24) is 24.5 Å². The molecule has 4 aromatic heterocycles. The lowest BCUT2D eigenvalue weighted by Crippen LogP contribution is -2.45. The van der Waals surface area contributed by atoms with Crippen molar-refractivity contribution in [2.75, 3.05) is 0 Å². The van der Waals surface area contributed by atoms with Gasteiger partial charge in [0.15, 0.2) is 11.6 Å². The molecule has 0 aliphatic carbocycles. The fourth-order valence-electron chi connectivity index (χ4n) is 4.14. The first kappa shape index (κ1) is 43.3. The third kappa shape index (κ3) is 9.61. The van der Waals surface area contributed by atoms with E-state index in [4.69, 9.17) is 5.73 Å². The molecule has 0 saturated carbocycles. The predicted molar refractivity (Wildman–Crippen MR) is 180 cm³/mol. The summed E-state index contributed by atoms with van der Waals surface area (Å²) in [5.41, 5.74) is 9.22. The maximum Gasteiger partial charge on any atom is 0.471 e. The Morgan fingerprint density at radius 3 is 1.48 bits per heavy atom. The molecule has 9 nitrogen and oxygen atoms in total. The highest BCUT2D eigenvalue weighted by Gasteiger charge is 2.40. The molecule has 0 saturated heterocycles. The molecule has 4 aromatic rings. The Hall–Kier alpha value is -2.78. The summed E-state index contributed by atoms with van der Waals surface area (Å²) >= 11 is 0. The minimum atomic E-state index is -5.03. The zero-order chi connectivity index (χ0) is 29.9. The second kappa shape index (κ2) is 17.6. The number of nitrogens with two attached hydrogens (primary N) is 1. The van der Waals surface area contributed by atoms with Crippen LogP contribution in [0.25, 0.3) is 11.0 Å². The van der Waals surface area contributed by atoms with E-state index in [1.807, 2.05) is 52.1 Å². The fraction of sp³-hybridized carbons (Fsp3) is 0.393. The second-order valence-corrected chi connectivity index (χ2v) is 10.1. The van der Waals surface area contributed by atoms with Crippen molar-refractivity contribution in [2.45, 2.75) is 71.6 Å². The molecule has 4 rings (SSSR count). The quantitative estimate of drug-likeness (QED) is 0.237. The normalized spacial score (nSPS) is 12.1. The van der Waals surface area contributed by atoms with Gasteiger partial charge in [-0.25, -0.2) is 9.03 Å². The van der Waals surface area contributed by atoms with Crippen LogP contribution < -0.4 is 11.1 Å². The van der Waals surface area contributed by atoms with Gasteiger partial charge in [0.25, 0.3) is 0 Å². The van der Waals surface area contributed by atoms with Crippen molar-refractivity contribution in [3.63, 3.8) is 0 Å². The first-order valence-electron chi connectivity index (χ1n) is 12.8. The maximum atomic E-state index is 12.6. The molecule has 246 valence electrons. The number of nitrogens with one attached hydrogen (secondary N) is 1. The summed E-state index contributed by atoms with van der Waals surface area (Å²) in [6, 6.07) is 8.97. The predicted octanol–water partition coefficient (Wildman–Crippen LogP) is 5.76. The Labute approximate surface area is 280 Å². The lowest BCUT2D eigenvalue weighted by molar-refractivity contribution is -0.173. The molecule has 0 spiro atoms. The van der Waals surface area contributed by atoms with Gasteiger partial charge >= 0.3 is 12.1 Å². The summed E-state index contributed by atoms with van der Waals surface area (Å²) in [6.45, 7) is 10.6. The van der Waals surface area contributed by atoms with Gasteiger partial charge in [-0.1, -0.05) is 39.8 Å². The van der Waals surface area contributed by atoms with Crippen LogP contribution in [0.3, 0.4) is 0 Å². The topological polar surface area (TPSA) is 124 Å². The Balaban J connectivity index is 0. The molecule has 0 aliphatic rings. The van der Waals surface area contributed by atoms with Gasteiger partial charge < -0.3 is 11.1 Å². The van der Waals surface area contributed by atoms with Gasteiger partial charge in [0.05, 0.1) is 45.6 Å². The molecule has 0 aliphatic heterocycles. The van der Waals surface area contributed by atoms with Crippen LogP contribution in [0.5, 0.6) is 0 Å². The number of hydrogen-bond donors (Lipinski definition) is 2. The van der Waals surface area contributed by atoms with Crippen LogP contribution in [0.2, 0.25) is 0 Å². The van der Waals surface area contributed by atoms with E-state index in [1.165, 1.54) is 11.4 Å². The largest absolute Gasteiger partial charge is 0.471 e. The van der Waals surface area contributed by atoms with E-state index in [1.54, 1.807) is 41.2 Å². The Morgan fingerprint density at radius 1 is 0.750 bits per heavy atom. The van der Waals surface area contributed by atoms with Crippen molar-refractivity contribution in [3.05, 3.63) is 71.3 Å². The van der Waals surface area contributed by atoms with Crippen LogP contribution in [0.1, 0.15) is 85.5 Å². The number of alkyl halides is 3. The SMILES string of the molecule is CC(C)c1nn2ccccc2c1C(=O)[C@H](C)N.CC(C)c1nn2ccccc2c1C(=O)[C@H](C)NC(=O)C(F)(F)F.Cl.Cl.S.S. The van der Waals surface area contributed by atoms with Gasteiger partial charge in [-0.3, -0.25) is 14.4 Å². The number of carbonyl (C=O) groups excluding carboxylic acids is 3. The molecule has 2 atom stereocenters. The molecule has 0 unspecified atom stereocenters. The number of aromatic nitrogens is 4. The van der Waals surface area contributed by atoms with E-state index in [9.17, 15) is 27.6 Å². The highest BCUT2D eigenvalue weighted by molar-refractivity contribution is 7.59. The number of carbonyl (C=O) groups is 3. The maximum absolute atomic E-state index is 12.6. The van der Waals surface area contributed by atoms with Crippen LogP contribution in [0.4, 0.5) is 13.2 Å². The summed E-state index contributed by atoms with van der Waals surface area (Å²) in [5, 5.41) is 10.4. The van der Waals surface area contributed by atoms with E-state index in [0.717, 1.165) is 11.2 Å². The standard InChI is InChI=1S/C15H16F3N3O2.C13H17N3O.2ClH.2H2S/c1-8(2)12-11(10-6-4-5-7-21(10)20-12)13(22)9(3)19-14(23)15(16,17)18;1-8(2)12-11(13(17)9(3)14)10-6-4-5-7-16(10)15-12;;;;/h4-9H,1-3H3,(H,19,23);4-9H,14H2,1-3H3;2*1H;2*1H2/t2*9-;;;;/m00..../s1. The molecule has 44 heavy (non-hydrogen) atoms. The number of pyridine rings is 2. The van der Waals surface area contributed by atoms with Gasteiger partial charge in [0, 0.05) is 12.4 Å². The van der Waals surface area contributed by atoms with Gasteiger partial charge in [-0.05, 0) is 49.9 Å². The number of Topliss-reactive ketones (excluding diaryl/α,β-unsaturated/α-hetero) is 2. The monoisotopic (exact) mass is 698 g/mol. The number of ketones is 2. The highest BCUT2D eigenvalue weighted by atomic mass is 35.5. The number of fused-ring (bicyclic) bond motifs is 2. The van der Waals surface area contributed by atoms with E-state index in [0.29, 0.717) is 16.8 Å². The lowest BCUT2D eigenvalue weighted by atomic mass is 9.98. The van der Waals surface area contributed by atoms with Crippen LogP contribution in [-0.4, -0.2) is 55.0 Å². The molecule has 0 aromatic carbocycles. The van der Waals surface area contributed by atoms with E-state index >= 15 is 0 Å². The van der Waals surface area contributed by atoms with Crippen LogP contribution in [-0.2, 0) is 4.79 Å². The first-order valence-corrected chi connectivity index (χ1v) is 12.8. The summed E-state index contributed by atoms with van der Waals surface area (Å²) in [6.07, 6.45) is -1.54. The smallest absolute Gasteiger partial charge is 0.338 e. The Kier molecular flexibility index (Phi) is 17.4. The number of nitrogens with zero attached hydrogens (tertiary/aromatic N) is 4. The van der Waals surface area contributed by atoms with Crippen LogP contribution in [0.15, 0.2) is 48.8 Å². The van der Waals surface area contributed by atoms with Gasteiger partial charge in [0.2, 0.25) is 0 Å². The summed E-state index contributed by atoms with van der Waals surface area (Å²) in [7, 11) is 0. The summed E-state index contributed by atoms with van der Waals surface area (Å²) in [5.74, 6) is -2.68. The van der Waals surface area contributed by atoms with E-state index in [-0.39, 0.29) is 75.0 Å². The summed E-state index contributed by atoms with van der Waals surface area (Å²) < 4.78 is 40.3. The van der Waals surface area contributed by atoms with Crippen LogP contribution >= 0.6 is 51.8 Å². The third-order valence-corrected chi connectivity index (χ3v) is 6.13. The van der Waals surface area contributed by atoms with Gasteiger partial charge in [0.1, 0.15) is 0 Å². The number of halogens is 5. The zero-order valence-electron chi connectivity index (χ0n) is 25.0. The summed E-state index contributed by atoms with van der Waals surface area (Å²) in [4.78, 5) is 35.8. The Bertz CT molecular complexity index is 1560. The third-order valence-electron chi connectivity index (χ3n) is 6.13. The molecule has 3 N–H and O–H groups in total. The zero-order valence-corrected chi connectivity index (χ0v) is 28.6. The molecule has 0 radical (unpaired) electrons.